The number of benzene rings is 2. The van der Waals surface area contributed by atoms with Crippen LogP contribution in [-0.2, 0) is 24.3 Å². The van der Waals surface area contributed by atoms with Gasteiger partial charge < -0.3 is 10.1 Å². The topological polar surface area (TPSA) is 116 Å². The van der Waals surface area contributed by atoms with E-state index in [1.165, 1.54) is 37.3 Å². The molecule has 1 amide bonds. The maximum Gasteiger partial charge on any atom is 0.331 e. The highest BCUT2D eigenvalue weighted by Gasteiger charge is 2.17. The summed E-state index contributed by atoms with van der Waals surface area (Å²) in [5.41, 5.74) is 2.10. The Balaban J connectivity index is 1.97. The molecule has 0 aliphatic rings. The zero-order chi connectivity index (χ0) is 20.0. The lowest BCUT2D eigenvalue weighted by Gasteiger charge is -2.13. The Morgan fingerprint density at radius 2 is 1.85 bits per heavy atom. The summed E-state index contributed by atoms with van der Waals surface area (Å²) in [6, 6.07) is 13.0. The zero-order valence-corrected chi connectivity index (χ0v) is 15.7. The first-order valence-electron chi connectivity index (χ1n) is 8.05. The van der Waals surface area contributed by atoms with E-state index in [1.54, 1.807) is 6.08 Å². The lowest BCUT2D eigenvalue weighted by Crippen LogP contribution is -2.29. The van der Waals surface area contributed by atoms with Crippen molar-refractivity contribution in [1.29, 1.82) is 0 Å². The first-order chi connectivity index (χ1) is 12.7. The number of esters is 1. The van der Waals surface area contributed by atoms with E-state index in [4.69, 9.17) is 9.88 Å². The molecule has 1 atom stereocenters. The normalized spacial score (nSPS) is 12.6. The molecule has 2 aromatic carbocycles. The average Bonchev–Trinajstić information content (AvgIpc) is 2.60. The summed E-state index contributed by atoms with van der Waals surface area (Å²) in [7, 11) is -3.88. The van der Waals surface area contributed by atoms with Crippen molar-refractivity contribution >= 4 is 33.7 Å². The van der Waals surface area contributed by atoms with Crippen molar-refractivity contribution in [3.63, 3.8) is 0 Å². The number of carbonyl (C=O) groups excluding carboxylic acids is 2. The van der Waals surface area contributed by atoms with Crippen molar-refractivity contribution in [3.05, 3.63) is 65.7 Å². The van der Waals surface area contributed by atoms with Crippen LogP contribution in [0, 0.1) is 6.92 Å². The van der Waals surface area contributed by atoms with Gasteiger partial charge in [-0.2, -0.15) is 0 Å². The highest BCUT2D eigenvalue weighted by atomic mass is 32.2. The molecule has 0 bridgehead atoms. The molecule has 0 saturated carbocycles. The number of hydrogen-bond donors (Lipinski definition) is 2. The Hall–Kier alpha value is -2.97. The Morgan fingerprint density at radius 1 is 1.15 bits per heavy atom. The maximum atomic E-state index is 12.1. The summed E-state index contributed by atoms with van der Waals surface area (Å²) in [6.45, 7) is 3.33. The molecule has 8 heteroatoms. The number of hydrogen-bond acceptors (Lipinski definition) is 5. The van der Waals surface area contributed by atoms with Crippen LogP contribution in [0.5, 0.6) is 0 Å². The van der Waals surface area contributed by atoms with E-state index >= 15 is 0 Å². The van der Waals surface area contributed by atoms with Crippen LogP contribution in [0.2, 0.25) is 0 Å². The predicted molar refractivity (Wildman–Crippen MR) is 102 cm³/mol. The Kier molecular flexibility index (Phi) is 6.49. The molecule has 0 aliphatic heterocycles. The first kappa shape index (κ1) is 20.3. The van der Waals surface area contributed by atoms with E-state index in [1.807, 2.05) is 31.2 Å². The molecule has 2 rings (SSSR count). The van der Waals surface area contributed by atoms with Gasteiger partial charge in [-0.3, -0.25) is 4.79 Å². The van der Waals surface area contributed by atoms with E-state index in [-0.39, 0.29) is 10.6 Å². The Labute approximate surface area is 157 Å². The smallest absolute Gasteiger partial charge is 0.331 e. The van der Waals surface area contributed by atoms with Crippen molar-refractivity contribution in [1.82, 2.24) is 0 Å². The third-order valence-electron chi connectivity index (χ3n) is 3.68. The van der Waals surface area contributed by atoms with Gasteiger partial charge in [-0.15, -0.1) is 0 Å². The van der Waals surface area contributed by atoms with Gasteiger partial charge in [0.05, 0.1) is 4.90 Å². The second-order valence-electron chi connectivity index (χ2n) is 5.83. The maximum absolute atomic E-state index is 12.1. The van der Waals surface area contributed by atoms with Gasteiger partial charge in [0.25, 0.3) is 5.91 Å². The number of nitrogens with one attached hydrogen (secondary N) is 1. The summed E-state index contributed by atoms with van der Waals surface area (Å²) in [6.07, 6.45) is 1.78. The number of anilines is 1. The van der Waals surface area contributed by atoms with Gasteiger partial charge in [-0.05, 0) is 49.2 Å². The van der Waals surface area contributed by atoms with Crippen LogP contribution in [-0.4, -0.2) is 26.4 Å². The van der Waals surface area contributed by atoms with Crippen LogP contribution >= 0.6 is 0 Å². The highest BCUT2D eigenvalue weighted by Crippen LogP contribution is 2.15. The van der Waals surface area contributed by atoms with Crippen molar-refractivity contribution in [2.24, 2.45) is 5.14 Å². The number of aryl methyl sites for hydroxylation is 1. The van der Waals surface area contributed by atoms with Crippen LogP contribution < -0.4 is 10.5 Å². The largest absolute Gasteiger partial charge is 0.449 e. The summed E-state index contributed by atoms with van der Waals surface area (Å²) in [5, 5.41) is 7.54. The molecule has 0 aliphatic carbocycles. The second-order valence-corrected chi connectivity index (χ2v) is 7.39. The van der Waals surface area contributed by atoms with Crippen molar-refractivity contribution in [3.8, 4) is 0 Å². The van der Waals surface area contributed by atoms with E-state index in [9.17, 15) is 18.0 Å². The fourth-order valence-electron chi connectivity index (χ4n) is 2.19. The van der Waals surface area contributed by atoms with Gasteiger partial charge in [0.15, 0.2) is 6.10 Å². The molecule has 3 N–H and O–H groups in total. The molecule has 0 fully saturated rings. The van der Waals surface area contributed by atoms with Gasteiger partial charge in [0.1, 0.15) is 0 Å². The van der Waals surface area contributed by atoms with Gasteiger partial charge in [-0.1, -0.05) is 30.3 Å². The van der Waals surface area contributed by atoms with Crippen LogP contribution in [0.15, 0.2) is 59.5 Å². The predicted octanol–water partition coefficient (Wildman–Crippen LogP) is 2.23. The van der Waals surface area contributed by atoms with E-state index in [0.717, 1.165) is 11.1 Å². The Morgan fingerprint density at radius 3 is 2.52 bits per heavy atom. The number of rotatable bonds is 6. The minimum Gasteiger partial charge on any atom is -0.449 e. The molecule has 0 spiro atoms. The molecule has 7 nitrogen and oxygen atoms in total. The molecule has 142 valence electrons. The molecule has 0 radical (unpaired) electrons. The number of nitrogens with two attached hydrogens (primary N) is 1. The fourth-order valence-corrected chi connectivity index (χ4v) is 2.75. The quantitative estimate of drug-likeness (QED) is 0.581. The molecule has 27 heavy (non-hydrogen) atoms. The van der Waals surface area contributed by atoms with Crippen molar-refractivity contribution in [2.75, 3.05) is 5.32 Å². The monoisotopic (exact) mass is 388 g/mol. The summed E-state index contributed by atoms with van der Waals surface area (Å²) in [5.74, 6) is -1.27. The molecule has 0 unspecified atom stereocenters. The third-order valence-corrected chi connectivity index (χ3v) is 4.59. The number of amides is 1. The van der Waals surface area contributed by atoms with E-state index in [0.29, 0.717) is 0 Å². The summed E-state index contributed by atoms with van der Waals surface area (Å²) in [4.78, 5) is 23.9. The van der Waals surface area contributed by atoms with Gasteiger partial charge in [-0.25, -0.2) is 18.4 Å². The van der Waals surface area contributed by atoms with Crippen LogP contribution in [0.3, 0.4) is 0 Å². The summed E-state index contributed by atoms with van der Waals surface area (Å²) < 4.78 is 27.8. The zero-order valence-electron chi connectivity index (χ0n) is 14.9. The number of ether oxygens (including phenoxy) is 1. The van der Waals surface area contributed by atoms with Gasteiger partial charge in [0.2, 0.25) is 10.0 Å². The van der Waals surface area contributed by atoms with E-state index < -0.39 is 28.0 Å². The number of primary sulfonamides is 1. The Bertz CT molecular complexity index is 983. The first-order valence-corrected chi connectivity index (χ1v) is 9.59. The van der Waals surface area contributed by atoms with Crippen LogP contribution in [0.25, 0.3) is 6.08 Å². The lowest BCUT2D eigenvalue weighted by molar-refractivity contribution is -0.148. The fraction of sp³-hybridized carbons (Fsp3) is 0.158. The number of sulfonamides is 1. The highest BCUT2D eigenvalue weighted by molar-refractivity contribution is 7.89. The van der Waals surface area contributed by atoms with Crippen molar-refractivity contribution < 1.29 is 22.7 Å². The minimum absolute atomic E-state index is 0.133. The van der Waals surface area contributed by atoms with Crippen molar-refractivity contribution in [2.45, 2.75) is 24.8 Å². The second kappa shape index (κ2) is 8.61. The number of carbonyl (C=O) groups is 2. The SMILES string of the molecule is Cc1ccccc1/C=C/C(=O)O[C@@H](C)C(=O)Nc1cccc(S(N)(=O)=O)c1. The third kappa shape index (κ3) is 6.05. The molecule has 2 aromatic rings. The standard InChI is InChI=1S/C19H20N2O5S/c1-13-6-3-4-7-15(13)10-11-18(22)26-14(2)19(23)21-16-8-5-9-17(12-16)27(20,24)25/h3-12,14H,1-2H3,(H,21,23)(H2,20,24,25)/b11-10+/t14-/m0/s1. The van der Waals surface area contributed by atoms with Gasteiger partial charge in [0, 0.05) is 11.8 Å². The molecular formula is C19H20N2O5S. The lowest BCUT2D eigenvalue weighted by atomic mass is 10.1. The van der Waals surface area contributed by atoms with Gasteiger partial charge >= 0.3 is 5.97 Å². The molecule has 0 heterocycles. The molecule has 0 aromatic heterocycles. The minimum atomic E-state index is -3.88. The molecule has 0 saturated heterocycles. The van der Waals surface area contributed by atoms with Crippen LogP contribution in [0.4, 0.5) is 5.69 Å². The van der Waals surface area contributed by atoms with E-state index in [2.05, 4.69) is 5.32 Å². The summed E-state index contributed by atoms with van der Waals surface area (Å²) >= 11 is 0. The average molecular weight is 388 g/mol. The van der Waals surface area contributed by atoms with Crippen LogP contribution in [0.1, 0.15) is 18.1 Å². The molecular weight excluding hydrogens is 368 g/mol.